The number of urea groups is 1. The van der Waals surface area contributed by atoms with Gasteiger partial charge >= 0.3 is 12.2 Å². The molecule has 0 aliphatic carbocycles. The van der Waals surface area contributed by atoms with Crippen molar-refractivity contribution in [3.8, 4) is 0 Å². The average molecular weight is 531 g/mol. The number of aromatic nitrogens is 1. The van der Waals surface area contributed by atoms with Crippen molar-refractivity contribution in [2.24, 2.45) is 0 Å². The van der Waals surface area contributed by atoms with Gasteiger partial charge in [0.1, 0.15) is 0 Å². The fraction of sp³-hybridized carbons (Fsp3) is 0.348. The maximum absolute atomic E-state index is 12.8. The number of benzene rings is 1. The average Bonchev–Trinajstić information content (AvgIpc) is 2.77. The van der Waals surface area contributed by atoms with Crippen molar-refractivity contribution in [2.45, 2.75) is 32.0 Å². The van der Waals surface area contributed by atoms with E-state index in [1.807, 2.05) is 6.08 Å². The maximum atomic E-state index is 12.8. The Morgan fingerprint density at radius 3 is 2.54 bits per heavy atom. The molecule has 3 rings (SSSR count). The predicted molar refractivity (Wildman–Crippen MR) is 127 cm³/mol. The molecule has 0 saturated carbocycles. The van der Waals surface area contributed by atoms with E-state index in [2.05, 4.69) is 15.6 Å². The first kappa shape index (κ1) is 26.8. The Morgan fingerprint density at radius 1 is 1.23 bits per heavy atom. The lowest BCUT2D eigenvalue weighted by molar-refractivity contribution is -0.137. The first-order chi connectivity index (χ1) is 16.4. The zero-order chi connectivity index (χ0) is 25.8. The molecule has 0 saturated heterocycles. The van der Waals surface area contributed by atoms with Crippen molar-refractivity contribution < 1.29 is 27.9 Å². The van der Waals surface area contributed by atoms with Gasteiger partial charge in [0.15, 0.2) is 0 Å². The van der Waals surface area contributed by atoms with E-state index in [1.165, 1.54) is 11.8 Å². The molecule has 3 N–H and O–H groups in total. The summed E-state index contributed by atoms with van der Waals surface area (Å²) in [5, 5.41) is 15.0. The second-order valence-corrected chi connectivity index (χ2v) is 8.83. The van der Waals surface area contributed by atoms with E-state index in [0.29, 0.717) is 29.2 Å². The summed E-state index contributed by atoms with van der Waals surface area (Å²) in [5.74, 6) is -0.231. The van der Waals surface area contributed by atoms with Crippen LogP contribution in [0.25, 0.3) is 5.57 Å². The first-order valence-corrected chi connectivity index (χ1v) is 11.4. The molecular formula is C23H23Cl2F3N4O3. The summed E-state index contributed by atoms with van der Waals surface area (Å²) in [4.78, 5) is 29.4. The summed E-state index contributed by atoms with van der Waals surface area (Å²) in [6, 6.07) is 4.26. The Kier molecular flexibility index (Phi) is 8.63. The van der Waals surface area contributed by atoms with Gasteiger partial charge in [-0.15, -0.1) is 0 Å². The van der Waals surface area contributed by atoms with Gasteiger partial charge in [-0.1, -0.05) is 29.3 Å². The lowest BCUT2D eigenvalue weighted by Gasteiger charge is -2.27. The van der Waals surface area contributed by atoms with E-state index in [0.717, 1.165) is 23.8 Å². The third kappa shape index (κ3) is 7.33. The standard InChI is InChI=1S/C23H23Cl2F3N4O3/c1-13(33)29-12-17(34)8-14-9-20(25)21(30-11-14)15-4-6-32(7-5-15)22(35)31-16-2-3-18(19(24)10-16)23(26,27)28/h2-4,9-11,17,34H,5-8,12H2,1H3,(H,29,33)(H,31,35)/t17-/m1/s1. The van der Waals surface area contributed by atoms with Gasteiger partial charge in [0.25, 0.3) is 0 Å². The fourth-order valence-electron chi connectivity index (χ4n) is 3.53. The number of hydrogen-bond donors (Lipinski definition) is 3. The number of alkyl halides is 3. The highest BCUT2D eigenvalue weighted by Crippen LogP contribution is 2.36. The van der Waals surface area contributed by atoms with E-state index in [4.69, 9.17) is 23.2 Å². The van der Waals surface area contributed by atoms with Gasteiger partial charge in [-0.2, -0.15) is 13.2 Å². The third-order valence-electron chi connectivity index (χ3n) is 5.28. The fourth-order valence-corrected chi connectivity index (χ4v) is 4.12. The van der Waals surface area contributed by atoms with Crippen LogP contribution in [0.2, 0.25) is 10.0 Å². The van der Waals surface area contributed by atoms with Crippen LogP contribution < -0.4 is 10.6 Å². The molecule has 2 aromatic rings. The summed E-state index contributed by atoms with van der Waals surface area (Å²) in [6.45, 7) is 2.09. The van der Waals surface area contributed by atoms with Gasteiger partial charge < -0.3 is 20.6 Å². The smallest absolute Gasteiger partial charge is 0.391 e. The van der Waals surface area contributed by atoms with Crippen molar-refractivity contribution in [2.75, 3.05) is 25.0 Å². The molecule has 35 heavy (non-hydrogen) atoms. The van der Waals surface area contributed by atoms with Gasteiger partial charge in [-0.3, -0.25) is 9.78 Å². The summed E-state index contributed by atoms with van der Waals surface area (Å²) >= 11 is 12.1. The van der Waals surface area contributed by atoms with Crippen LogP contribution in [0.15, 0.2) is 36.5 Å². The minimum absolute atomic E-state index is 0.121. The van der Waals surface area contributed by atoms with Crippen molar-refractivity contribution in [1.29, 1.82) is 0 Å². The molecular weight excluding hydrogens is 508 g/mol. The van der Waals surface area contributed by atoms with E-state index in [9.17, 15) is 27.9 Å². The second-order valence-electron chi connectivity index (χ2n) is 8.02. The van der Waals surface area contributed by atoms with E-state index < -0.39 is 28.9 Å². The third-order valence-corrected chi connectivity index (χ3v) is 5.88. The molecule has 12 heteroatoms. The molecule has 3 amide bonds. The number of aliphatic hydroxyl groups is 1. The zero-order valence-electron chi connectivity index (χ0n) is 18.6. The van der Waals surface area contributed by atoms with Crippen LogP contribution in [0.4, 0.5) is 23.7 Å². The number of pyridine rings is 1. The molecule has 1 aliphatic rings. The number of nitrogens with zero attached hydrogens (tertiary/aromatic N) is 2. The van der Waals surface area contributed by atoms with Gasteiger partial charge in [0.2, 0.25) is 5.91 Å². The molecule has 0 unspecified atom stereocenters. The van der Waals surface area contributed by atoms with Crippen molar-refractivity contribution in [3.05, 3.63) is 63.4 Å². The SMILES string of the molecule is CC(=O)NC[C@H](O)Cc1cnc(C2=CCN(C(=O)Nc3ccc(C(F)(F)F)c(Cl)c3)CC2)c(Cl)c1. The lowest BCUT2D eigenvalue weighted by atomic mass is 10.0. The van der Waals surface area contributed by atoms with Gasteiger partial charge in [0, 0.05) is 44.9 Å². The summed E-state index contributed by atoms with van der Waals surface area (Å²) in [5.41, 5.74) is 1.32. The maximum Gasteiger partial charge on any atom is 0.417 e. The Bertz CT molecular complexity index is 1140. The van der Waals surface area contributed by atoms with Crippen LogP contribution in [0, 0.1) is 0 Å². The highest BCUT2D eigenvalue weighted by molar-refractivity contribution is 6.32. The summed E-state index contributed by atoms with van der Waals surface area (Å²) < 4.78 is 38.5. The second kappa shape index (κ2) is 11.3. The van der Waals surface area contributed by atoms with Crippen LogP contribution >= 0.6 is 23.2 Å². The van der Waals surface area contributed by atoms with E-state index in [1.54, 1.807) is 12.3 Å². The molecule has 1 aromatic carbocycles. The molecule has 7 nitrogen and oxygen atoms in total. The molecule has 1 atom stereocenters. The molecule has 0 spiro atoms. The number of aliphatic hydroxyl groups excluding tert-OH is 1. The molecule has 0 radical (unpaired) electrons. The number of rotatable bonds is 6. The quantitative estimate of drug-likeness (QED) is 0.501. The van der Waals surface area contributed by atoms with Crippen molar-refractivity contribution in [1.82, 2.24) is 15.2 Å². The van der Waals surface area contributed by atoms with Crippen molar-refractivity contribution in [3.63, 3.8) is 0 Å². The largest absolute Gasteiger partial charge is 0.417 e. The molecule has 0 bridgehead atoms. The first-order valence-electron chi connectivity index (χ1n) is 10.6. The molecule has 1 aliphatic heterocycles. The normalized spacial score (nSPS) is 14.8. The molecule has 2 heterocycles. The minimum atomic E-state index is -4.58. The molecule has 188 valence electrons. The van der Waals surface area contributed by atoms with Gasteiger partial charge in [-0.05, 0) is 41.8 Å². The van der Waals surface area contributed by atoms with E-state index in [-0.39, 0.29) is 31.1 Å². The van der Waals surface area contributed by atoms with Crippen LogP contribution in [0.1, 0.15) is 30.2 Å². The van der Waals surface area contributed by atoms with Crippen molar-refractivity contribution >= 4 is 46.4 Å². The summed E-state index contributed by atoms with van der Waals surface area (Å²) in [7, 11) is 0. The topological polar surface area (TPSA) is 94.6 Å². The van der Waals surface area contributed by atoms with E-state index >= 15 is 0 Å². The Morgan fingerprint density at radius 2 is 1.97 bits per heavy atom. The number of carbonyl (C=O) groups is 2. The lowest BCUT2D eigenvalue weighted by Crippen LogP contribution is -2.38. The molecule has 1 aromatic heterocycles. The number of amides is 3. The molecule has 0 fully saturated rings. The zero-order valence-corrected chi connectivity index (χ0v) is 20.1. The van der Waals surface area contributed by atoms with Crippen LogP contribution in [0.5, 0.6) is 0 Å². The van der Waals surface area contributed by atoms with Crippen LogP contribution in [-0.2, 0) is 17.4 Å². The highest BCUT2D eigenvalue weighted by atomic mass is 35.5. The number of hydrogen-bond acceptors (Lipinski definition) is 4. The minimum Gasteiger partial charge on any atom is -0.391 e. The summed E-state index contributed by atoms with van der Waals surface area (Å²) in [6.07, 6.45) is -1.20. The number of halogens is 5. The van der Waals surface area contributed by atoms with Crippen LogP contribution in [0.3, 0.4) is 0 Å². The Balaban J connectivity index is 1.60. The number of nitrogens with one attached hydrogen (secondary N) is 2. The number of carbonyl (C=O) groups excluding carboxylic acids is 2. The Labute approximate surface area is 209 Å². The van der Waals surface area contributed by atoms with Gasteiger partial charge in [-0.25, -0.2) is 4.79 Å². The van der Waals surface area contributed by atoms with Gasteiger partial charge in [0.05, 0.1) is 27.4 Å². The Hall–Kier alpha value is -2.82. The monoisotopic (exact) mass is 530 g/mol. The number of anilines is 1. The highest BCUT2D eigenvalue weighted by Gasteiger charge is 2.33. The predicted octanol–water partition coefficient (Wildman–Crippen LogP) is 4.77. The van der Waals surface area contributed by atoms with Crippen LogP contribution in [-0.4, -0.2) is 52.7 Å².